The zero-order chi connectivity index (χ0) is 10.7. The van der Waals surface area contributed by atoms with E-state index in [9.17, 15) is 4.79 Å². The molecule has 0 fully saturated rings. The second kappa shape index (κ2) is 4.17. The summed E-state index contributed by atoms with van der Waals surface area (Å²) in [5.74, 6) is 0.123. The second-order valence-electron chi connectivity index (χ2n) is 3.61. The number of benzene rings is 1. The molecule has 0 saturated carbocycles. The van der Waals surface area contributed by atoms with Crippen LogP contribution in [-0.4, -0.2) is 12.4 Å². The second-order valence-corrected chi connectivity index (χ2v) is 3.61. The lowest BCUT2D eigenvalue weighted by Crippen LogP contribution is -2.05. The molecule has 1 aliphatic rings. The Morgan fingerprint density at radius 2 is 2.33 bits per heavy atom. The van der Waals surface area contributed by atoms with Gasteiger partial charge in [-0.3, -0.25) is 4.79 Å². The number of ether oxygens (including phenoxy) is 1. The van der Waals surface area contributed by atoms with Crippen LogP contribution in [0.15, 0.2) is 36.1 Å². The molecule has 0 saturated heterocycles. The first kappa shape index (κ1) is 9.77. The highest BCUT2D eigenvalue weighted by atomic mass is 16.5. The maximum Gasteiger partial charge on any atom is 0.166 e. The Balaban J connectivity index is 2.05. The van der Waals surface area contributed by atoms with Crippen molar-refractivity contribution >= 4 is 11.5 Å². The third kappa shape index (κ3) is 2.37. The maximum absolute atomic E-state index is 11.7. The van der Waals surface area contributed by atoms with Gasteiger partial charge in [-0.2, -0.15) is 0 Å². The fourth-order valence-corrected chi connectivity index (χ4v) is 1.59. The largest absolute Gasteiger partial charge is 0.500 e. The molecule has 0 radical (unpaired) electrons. The molecule has 0 spiro atoms. The highest BCUT2D eigenvalue weighted by Crippen LogP contribution is 2.15. The first-order chi connectivity index (χ1) is 7.25. The summed E-state index contributed by atoms with van der Waals surface area (Å²) in [7, 11) is 0. The van der Waals surface area contributed by atoms with Crippen molar-refractivity contribution in [1.82, 2.24) is 0 Å². The molecule has 0 aliphatic carbocycles. The number of hydrogen-bond donors (Lipinski definition) is 1. The van der Waals surface area contributed by atoms with E-state index in [1.165, 1.54) is 0 Å². The van der Waals surface area contributed by atoms with E-state index < -0.39 is 0 Å². The van der Waals surface area contributed by atoms with Gasteiger partial charge < -0.3 is 10.5 Å². The minimum Gasteiger partial charge on any atom is -0.500 e. The van der Waals surface area contributed by atoms with Crippen LogP contribution >= 0.6 is 0 Å². The number of Topliss-reactive ketones (excluding diaryl/α,β-unsaturated/α-hetero) is 1. The van der Waals surface area contributed by atoms with Crippen molar-refractivity contribution in [2.24, 2.45) is 0 Å². The summed E-state index contributed by atoms with van der Waals surface area (Å²) in [6.07, 6.45) is 2.69. The zero-order valence-electron chi connectivity index (χ0n) is 8.40. The molecule has 2 N–H and O–H groups in total. The first-order valence-corrected chi connectivity index (χ1v) is 4.94. The number of ketones is 1. The summed E-state index contributed by atoms with van der Waals surface area (Å²) in [6.45, 7) is 0.623. The van der Waals surface area contributed by atoms with Gasteiger partial charge in [0, 0.05) is 24.1 Å². The fraction of sp³-hybridized carbons (Fsp3) is 0.250. The highest BCUT2D eigenvalue weighted by molar-refractivity contribution is 5.96. The summed E-state index contributed by atoms with van der Waals surface area (Å²) >= 11 is 0. The van der Waals surface area contributed by atoms with Crippen molar-refractivity contribution in [1.29, 1.82) is 0 Å². The van der Waals surface area contributed by atoms with Crippen LogP contribution in [0.1, 0.15) is 12.0 Å². The summed E-state index contributed by atoms with van der Waals surface area (Å²) < 4.78 is 5.03. The molecular formula is C12H13NO2. The van der Waals surface area contributed by atoms with Crippen LogP contribution in [0.25, 0.3) is 0 Å². The van der Waals surface area contributed by atoms with Crippen molar-refractivity contribution in [2.45, 2.75) is 12.8 Å². The van der Waals surface area contributed by atoms with Gasteiger partial charge in [-0.25, -0.2) is 0 Å². The van der Waals surface area contributed by atoms with Gasteiger partial charge in [-0.05, 0) is 17.7 Å². The standard InChI is InChI=1S/C12H13NO2/c13-11-3-1-2-9(6-11)7-12(14)10-4-5-15-8-10/h1-3,6,8H,4-5,7,13H2. The lowest BCUT2D eigenvalue weighted by Gasteiger charge is -2.01. The average Bonchev–Trinajstić information content (AvgIpc) is 2.70. The normalized spacial score (nSPS) is 14.5. The summed E-state index contributed by atoms with van der Waals surface area (Å²) in [5, 5.41) is 0. The molecular weight excluding hydrogens is 190 g/mol. The summed E-state index contributed by atoms with van der Waals surface area (Å²) in [4.78, 5) is 11.7. The van der Waals surface area contributed by atoms with Crippen LogP contribution < -0.4 is 5.73 Å². The van der Waals surface area contributed by atoms with E-state index in [4.69, 9.17) is 10.5 Å². The van der Waals surface area contributed by atoms with Gasteiger partial charge in [0.1, 0.15) is 0 Å². The lowest BCUT2D eigenvalue weighted by molar-refractivity contribution is -0.115. The van der Waals surface area contributed by atoms with Crippen LogP contribution in [0, 0.1) is 0 Å². The predicted molar refractivity (Wildman–Crippen MR) is 58.2 cm³/mol. The number of nitrogen functional groups attached to an aromatic ring is 1. The van der Waals surface area contributed by atoms with Gasteiger partial charge in [-0.1, -0.05) is 12.1 Å². The molecule has 1 aromatic carbocycles. The molecule has 78 valence electrons. The Hall–Kier alpha value is -1.77. The molecule has 2 rings (SSSR count). The Morgan fingerprint density at radius 3 is 3.00 bits per heavy atom. The molecule has 1 aliphatic heterocycles. The van der Waals surface area contributed by atoms with Crippen LogP contribution in [0.2, 0.25) is 0 Å². The van der Waals surface area contributed by atoms with Gasteiger partial charge in [-0.15, -0.1) is 0 Å². The molecule has 3 heteroatoms. The number of carbonyl (C=O) groups is 1. The lowest BCUT2D eigenvalue weighted by atomic mass is 10.0. The molecule has 0 atom stereocenters. The van der Waals surface area contributed by atoms with E-state index >= 15 is 0 Å². The summed E-state index contributed by atoms with van der Waals surface area (Å²) in [5.41, 5.74) is 8.06. The van der Waals surface area contributed by atoms with Gasteiger partial charge in [0.25, 0.3) is 0 Å². The highest BCUT2D eigenvalue weighted by Gasteiger charge is 2.14. The van der Waals surface area contributed by atoms with Crippen molar-refractivity contribution in [3.05, 3.63) is 41.7 Å². The van der Waals surface area contributed by atoms with E-state index in [2.05, 4.69) is 0 Å². The molecule has 0 bridgehead atoms. The molecule has 0 aromatic heterocycles. The summed E-state index contributed by atoms with van der Waals surface area (Å²) in [6, 6.07) is 7.41. The van der Waals surface area contributed by atoms with Crippen LogP contribution in [-0.2, 0) is 16.0 Å². The van der Waals surface area contributed by atoms with E-state index in [0.29, 0.717) is 18.7 Å². The smallest absolute Gasteiger partial charge is 0.166 e. The fourth-order valence-electron chi connectivity index (χ4n) is 1.59. The van der Waals surface area contributed by atoms with E-state index in [1.807, 2.05) is 24.3 Å². The maximum atomic E-state index is 11.7. The van der Waals surface area contributed by atoms with Crippen molar-refractivity contribution < 1.29 is 9.53 Å². The molecule has 1 heterocycles. The van der Waals surface area contributed by atoms with E-state index in [-0.39, 0.29) is 5.78 Å². The number of nitrogens with two attached hydrogens (primary N) is 1. The topological polar surface area (TPSA) is 52.3 Å². The number of anilines is 1. The van der Waals surface area contributed by atoms with Crippen LogP contribution in [0.4, 0.5) is 5.69 Å². The molecule has 15 heavy (non-hydrogen) atoms. The molecule has 1 aromatic rings. The number of hydrogen-bond acceptors (Lipinski definition) is 3. The Kier molecular flexibility index (Phi) is 2.72. The molecule has 3 nitrogen and oxygen atoms in total. The SMILES string of the molecule is Nc1cccc(CC(=O)C2=COCC2)c1. The van der Waals surface area contributed by atoms with Crippen molar-refractivity contribution in [3.8, 4) is 0 Å². The minimum absolute atomic E-state index is 0.123. The van der Waals surface area contributed by atoms with Crippen molar-refractivity contribution in [2.75, 3.05) is 12.3 Å². The van der Waals surface area contributed by atoms with Gasteiger partial charge in [0.15, 0.2) is 5.78 Å². The van der Waals surface area contributed by atoms with Gasteiger partial charge in [0.2, 0.25) is 0 Å². The van der Waals surface area contributed by atoms with Gasteiger partial charge >= 0.3 is 0 Å². The van der Waals surface area contributed by atoms with Crippen molar-refractivity contribution in [3.63, 3.8) is 0 Å². The number of rotatable bonds is 3. The monoisotopic (exact) mass is 203 g/mol. The minimum atomic E-state index is 0.123. The van der Waals surface area contributed by atoms with Crippen LogP contribution in [0.5, 0.6) is 0 Å². The van der Waals surface area contributed by atoms with Gasteiger partial charge in [0.05, 0.1) is 12.9 Å². The molecule has 0 amide bonds. The quantitative estimate of drug-likeness (QED) is 0.760. The van der Waals surface area contributed by atoms with E-state index in [1.54, 1.807) is 6.26 Å². The Morgan fingerprint density at radius 1 is 1.47 bits per heavy atom. The Labute approximate surface area is 88.5 Å². The van der Waals surface area contributed by atoms with Crippen LogP contribution in [0.3, 0.4) is 0 Å². The average molecular weight is 203 g/mol. The predicted octanol–water partition coefficient (Wildman–Crippen LogP) is 1.68. The van der Waals surface area contributed by atoms with E-state index in [0.717, 1.165) is 17.6 Å². The third-order valence-electron chi connectivity index (χ3n) is 2.39. The zero-order valence-corrected chi connectivity index (χ0v) is 8.40. The molecule has 0 unspecified atom stereocenters. The third-order valence-corrected chi connectivity index (χ3v) is 2.39. The first-order valence-electron chi connectivity index (χ1n) is 4.94. The number of carbonyl (C=O) groups excluding carboxylic acids is 1. The Bertz CT molecular complexity index is 410.